The van der Waals surface area contributed by atoms with Crippen molar-refractivity contribution in [1.82, 2.24) is 4.98 Å². The van der Waals surface area contributed by atoms with E-state index in [2.05, 4.69) is 28.7 Å². The molecule has 1 aromatic carbocycles. The summed E-state index contributed by atoms with van der Waals surface area (Å²) < 4.78 is 16.2. The predicted octanol–water partition coefficient (Wildman–Crippen LogP) is 3.60. The SMILES string of the molecule is C=CCOc1ccc(/C=N/Nc2oc(C(=C)C)nc2C#N)cc1OC. The molecule has 0 spiro atoms. The van der Waals surface area contributed by atoms with Gasteiger partial charge in [0, 0.05) is 5.57 Å². The maximum absolute atomic E-state index is 9.07. The van der Waals surface area contributed by atoms with Crippen LogP contribution in [-0.2, 0) is 0 Å². The zero-order chi connectivity index (χ0) is 18.2. The van der Waals surface area contributed by atoms with Gasteiger partial charge in [0.1, 0.15) is 12.7 Å². The fourth-order valence-electron chi connectivity index (χ4n) is 1.85. The van der Waals surface area contributed by atoms with E-state index in [1.807, 2.05) is 12.1 Å². The van der Waals surface area contributed by atoms with Gasteiger partial charge in [0.15, 0.2) is 11.5 Å². The summed E-state index contributed by atoms with van der Waals surface area (Å²) in [6.45, 7) is 9.46. The summed E-state index contributed by atoms with van der Waals surface area (Å²) in [4.78, 5) is 4.01. The van der Waals surface area contributed by atoms with Crippen LogP contribution in [0.3, 0.4) is 0 Å². The number of aromatic nitrogens is 1. The molecule has 0 aliphatic carbocycles. The average Bonchev–Trinajstić information content (AvgIpc) is 3.04. The first-order chi connectivity index (χ1) is 12.1. The number of hydrogen-bond acceptors (Lipinski definition) is 7. The van der Waals surface area contributed by atoms with Crippen molar-refractivity contribution in [2.24, 2.45) is 5.10 Å². The van der Waals surface area contributed by atoms with Crippen LogP contribution >= 0.6 is 0 Å². The van der Waals surface area contributed by atoms with Crippen LogP contribution in [-0.4, -0.2) is 24.9 Å². The van der Waals surface area contributed by atoms with Crippen LogP contribution in [0, 0.1) is 11.3 Å². The van der Waals surface area contributed by atoms with Gasteiger partial charge >= 0.3 is 0 Å². The zero-order valence-electron chi connectivity index (χ0n) is 14.1. The van der Waals surface area contributed by atoms with Crippen molar-refractivity contribution < 1.29 is 13.9 Å². The number of hydrogen-bond donors (Lipinski definition) is 1. The maximum Gasteiger partial charge on any atom is 0.252 e. The summed E-state index contributed by atoms with van der Waals surface area (Å²) in [5.74, 6) is 1.64. The van der Waals surface area contributed by atoms with E-state index in [1.165, 1.54) is 0 Å². The van der Waals surface area contributed by atoms with Gasteiger partial charge in [-0.25, -0.2) is 5.43 Å². The lowest BCUT2D eigenvalue weighted by Crippen LogP contribution is -1.97. The minimum absolute atomic E-state index is 0.112. The first-order valence-electron chi connectivity index (χ1n) is 7.36. The Balaban J connectivity index is 2.13. The highest BCUT2D eigenvalue weighted by atomic mass is 16.5. The monoisotopic (exact) mass is 338 g/mol. The number of anilines is 1. The Morgan fingerprint density at radius 1 is 1.48 bits per heavy atom. The van der Waals surface area contributed by atoms with Gasteiger partial charge in [-0.15, -0.1) is 0 Å². The average molecular weight is 338 g/mol. The smallest absolute Gasteiger partial charge is 0.252 e. The van der Waals surface area contributed by atoms with Crippen molar-refractivity contribution in [3.8, 4) is 17.6 Å². The lowest BCUT2D eigenvalue weighted by Gasteiger charge is -2.09. The Morgan fingerprint density at radius 3 is 2.92 bits per heavy atom. The van der Waals surface area contributed by atoms with E-state index in [0.717, 1.165) is 5.56 Å². The van der Waals surface area contributed by atoms with Gasteiger partial charge in [0.2, 0.25) is 11.6 Å². The minimum atomic E-state index is 0.112. The molecule has 0 saturated heterocycles. The van der Waals surface area contributed by atoms with Gasteiger partial charge in [-0.1, -0.05) is 19.2 Å². The molecule has 25 heavy (non-hydrogen) atoms. The molecule has 0 unspecified atom stereocenters. The maximum atomic E-state index is 9.07. The van der Waals surface area contributed by atoms with E-state index in [1.54, 1.807) is 38.5 Å². The van der Waals surface area contributed by atoms with Crippen LogP contribution in [0.2, 0.25) is 0 Å². The summed E-state index contributed by atoms with van der Waals surface area (Å²) in [6, 6.07) is 7.30. The summed E-state index contributed by atoms with van der Waals surface area (Å²) in [6.07, 6.45) is 3.21. The lowest BCUT2D eigenvalue weighted by molar-refractivity contribution is 0.326. The van der Waals surface area contributed by atoms with E-state index in [4.69, 9.17) is 19.2 Å². The van der Waals surface area contributed by atoms with E-state index in [9.17, 15) is 0 Å². The molecular weight excluding hydrogens is 320 g/mol. The number of ether oxygens (including phenoxy) is 2. The molecule has 0 saturated carbocycles. The number of nitriles is 1. The van der Waals surface area contributed by atoms with Crippen LogP contribution < -0.4 is 14.9 Å². The van der Waals surface area contributed by atoms with Crippen molar-refractivity contribution in [3.05, 3.63) is 54.6 Å². The molecule has 128 valence electrons. The highest BCUT2D eigenvalue weighted by molar-refractivity contribution is 5.81. The third-order valence-corrected chi connectivity index (χ3v) is 3.02. The molecule has 0 atom stereocenters. The third kappa shape index (κ3) is 4.48. The molecule has 0 radical (unpaired) electrons. The zero-order valence-corrected chi connectivity index (χ0v) is 14.1. The van der Waals surface area contributed by atoms with Crippen molar-refractivity contribution in [2.75, 3.05) is 19.1 Å². The predicted molar refractivity (Wildman–Crippen MR) is 95.8 cm³/mol. The third-order valence-electron chi connectivity index (χ3n) is 3.02. The van der Waals surface area contributed by atoms with E-state index < -0.39 is 0 Å². The van der Waals surface area contributed by atoms with E-state index in [0.29, 0.717) is 29.6 Å². The Bertz CT molecular complexity index is 846. The van der Waals surface area contributed by atoms with Gasteiger partial charge in [-0.2, -0.15) is 15.3 Å². The van der Waals surface area contributed by atoms with E-state index >= 15 is 0 Å². The quantitative estimate of drug-likeness (QED) is 0.449. The number of oxazole rings is 1. The fraction of sp³-hybridized carbons (Fsp3) is 0.167. The lowest BCUT2D eigenvalue weighted by atomic mass is 10.2. The molecule has 0 aliphatic rings. The van der Waals surface area contributed by atoms with Crippen LogP contribution in [0.1, 0.15) is 24.1 Å². The highest BCUT2D eigenvalue weighted by Crippen LogP contribution is 2.27. The topological polar surface area (TPSA) is 92.7 Å². The van der Waals surface area contributed by atoms with Gasteiger partial charge in [-0.3, -0.25) is 0 Å². The Morgan fingerprint density at radius 2 is 2.28 bits per heavy atom. The number of methoxy groups -OCH3 is 1. The number of nitrogens with one attached hydrogen (secondary N) is 1. The first-order valence-corrected chi connectivity index (χ1v) is 7.36. The Hall–Kier alpha value is -3.53. The molecule has 2 aromatic rings. The molecule has 1 heterocycles. The largest absolute Gasteiger partial charge is 0.493 e. The summed E-state index contributed by atoms with van der Waals surface area (Å²) >= 11 is 0. The van der Waals surface area contributed by atoms with Crippen molar-refractivity contribution in [3.63, 3.8) is 0 Å². The van der Waals surface area contributed by atoms with Crippen LogP contribution in [0.15, 0.2) is 47.0 Å². The molecule has 1 aromatic heterocycles. The number of allylic oxidation sites excluding steroid dienone is 1. The number of rotatable bonds is 8. The van der Waals surface area contributed by atoms with Crippen LogP contribution in [0.25, 0.3) is 5.57 Å². The normalized spacial score (nSPS) is 10.3. The van der Waals surface area contributed by atoms with Gasteiger partial charge in [0.25, 0.3) is 5.88 Å². The molecule has 7 nitrogen and oxygen atoms in total. The fourth-order valence-corrected chi connectivity index (χ4v) is 1.85. The van der Waals surface area contributed by atoms with Crippen molar-refractivity contribution in [2.45, 2.75) is 6.92 Å². The molecule has 1 N–H and O–H groups in total. The van der Waals surface area contributed by atoms with Crippen molar-refractivity contribution >= 4 is 17.7 Å². The molecular formula is C18H18N4O3. The molecule has 2 rings (SSSR count). The number of nitrogens with zero attached hydrogens (tertiary/aromatic N) is 3. The van der Waals surface area contributed by atoms with Gasteiger partial charge in [0.05, 0.1) is 13.3 Å². The summed E-state index contributed by atoms with van der Waals surface area (Å²) in [5, 5.41) is 13.1. The summed E-state index contributed by atoms with van der Waals surface area (Å²) in [7, 11) is 1.56. The second-order valence-electron chi connectivity index (χ2n) is 4.97. The standard InChI is InChI=1S/C18H18N4O3/c1-5-8-24-15-7-6-13(9-16(15)23-4)11-20-22-18-14(10-19)21-17(25-18)12(2)3/h5-7,9,11,22H,1-2,8H2,3-4H3/b20-11+. The second kappa shape index (κ2) is 8.36. The number of hydrazone groups is 1. The first kappa shape index (κ1) is 17.8. The highest BCUT2D eigenvalue weighted by Gasteiger charge is 2.12. The minimum Gasteiger partial charge on any atom is -0.493 e. The molecule has 0 bridgehead atoms. The van der Waals surface area contributed by atoms with Crippen molar-refractivity contribution in [1.29, 1.82) is 5.26 Å². The van der Waals surface area contributed by atoms with Gasteiger partial charge < -0.3 is 13.9 Å². The van der Waals surface area contributed by atoms with Crippen LogP contribution in [0.5, 0.6) is 11.5 Å². The molecule has 0 amide bonds. The molecule has 0 fully saturated rings. The Labute approximate surface area is 145 Å². The number of benzene rings is 1. The molecule has 7 heteroatoms. The second-order valence-corrected chi connectivity index (χ2v) is 4.97. The van der Waals surface area contributed by atoms with Crippen LogP contribution in [0.4, 0.5) is 5.88 Å². The Kier molecular flexibility index (Phi) is 5.96. The summed E-state index contributed by atoms with van der Waals surface area (Å²) in [5.41, 5.74) is 4.17. The van der Waals surface area contributed by atoms with E-state index in [-0.39, 0.29) is 11.6 Å². The van der Waals surface area contributed by atoms with Gasteiger partial charge in [-0.05, 0) is 30.7 Å². The molecule has 0 aliphatic heterocycles.